The van der Waals surface area contributed by atoms with E-state index < -0.39 is 11.6 Å². The SMILES string of the molecule is Cc1cc(C(C)(C)C)cc(C)c1C(O)C(C)(C)N. The Balaban J connectivity index is 3.34. The second-order valence-corrected chi connectivity index (χ2v) is 7.00. The van der Waals surface area contributed by atoms with Gasteiger partial charge in [-0.2, -0.15) is 0 Å². The molecular weight excluding hydrogens is 222 g/mol. The zero-order valence-electron chi connectivity index (χ0n) is 12.8. The van der Waals surface area contributed by atoms with Crippen LogP contribution in [0.15, 0.2) is 12.1 Å². The molecule has 0 fully saturated rings. The highest BCUT2D eigenvalue weighted by Gasteiger charge is 2.28. The van der Waals surface area contributed by atoms with Gasteiger partial charge in [0.25, 0.3) is 0 Å². The van der Waals surface area contributed by atoms with Crippen molar-refractivity contribution in [2.45, 2.75) is 65.5 Å². The molecule has 0 bridgehead atoms. The van der Waals surface area contributed by atoms with Crippen molar-refractivity contribution in [1.29, 1.82) is 0 Å². The maximum absolute atomic E-state index is 10.4. The molecule has 0 aliphatic heterocycles. The lowest BCUT2D eigenvalue weighted by Gasteiger charge is -2.30. The van der Waals surface area contributed by atoms with Crippen LogP contribution in [0.5, 0.6) is 0 Å². The van der Waals surface area contributed by atoms with Crippen LogP contribution >= 0.6 is 0 Å². The minimum absolute atomic E-state index is 0.122. The first kappa shape index (κ1) is 15.2. The van der Waals surface area contributed by atoms with E-state index in [9.17, 15) is 5.11 Å². The fraction of sp³-hybridized carbons (Fsp3) is 0.625. The summed E-state index contributed by atoms with van der Waals surface area (Å²) in [5.41, 5.74) is 10.0. The van der Waals surface area contributed by atoms with Crippen LogP contribution in [0.4, 0.5) is 0 Å². The monoisotopic (exact) mass is 249 g/mol. The predicted octanol–water partition coefficient (Wildman–Crippen LogP) is 3.37. The van der Waals surface area contributed by atoms with Gasteiger partial charge in [-0.15, -0.1) is 0 Å². The summed E-state index contributed by atoms with van der Waals surface area (Å²) in [7, 11) is 0. The topological polar surface area (TPSA) is 46.2 Å². The van der Waals surface area contributed by atoms with Gasteiger partial charge in [-0.05, 0) is 55.4 Å². The summed E-state index contributed by atoms with van der Waals surface area (Å²) in [5.74, 6) is 0. The highest BCUT2D eigenvalue weighted by molar-refractivity contribution is 5.42. The molecule has 1 rings (SSSR count). The Morgan fingerprint density at radius 1 is 1.00 bits per heavy atom. The largest absolute Gasteiger partial charge is 0.386 e. The zero-order chi connectivity index (χ0) is 14.3. The third-order valence-electron chi connectivity index (χ3n) is 3.44. The van der Waals surface area contributed by atoms with E-state index in [0.717, 1.165) is 16.7 Å². The Labute approximate surface area is 111 Å². The normalized spacial score (nSPS) is 14.7. The van der Waals surface area contributed by atoms with E-state index >= 15 is 0 Å². The van der Waals surface area contributed by atoms with E-state index in [4.69, 9.17) is 5.73 Å². The molecule has 0 spiro atoms. The molecular formula is C16H27NO. The molecule has 0 aromatic heterocycles. The lowest BCUT2D eigenvalue weighted by Crippen LogP contribution is -2.39. The Morgan fingerprint density at radius 2 is 1.39 bits per heavy atom. The van der Waals surface area contributed by atoms with Crippen LogP contribution in [0, 0.1) is 13.8 Å². The van der Waals surface area contributed by atoms with E-state index in [2.05, 4.69) is 32.9 Å². The van der Waals surface area contributed by atoms with Gasteiger partial charge < -0.3 is 10.8 Å². The Morgan fingerprint density at radius 3 is 1.67 bits per heavy atom. The van der Waals surface area contributed by atoms with Gasteiger partial charge in [-0.1, -0.05) is 32.9 Å². The van der Waals surface area contributed by atoms with Crippen LogP contribution in [-0.4, -0.2) is 10.6 Å². The molecule has 0 aliphatic carbocycles. The minimum Gasteiger partial charge on any atom is -0.386 e. The summed E-state index contributed by atoms with van der Waals surface area (Å²) in [6.07, 6.45) is -0.633. The average Bonchev–Trinajstić information content (AvgIpc) is 2.13. The molecule has 0 aliphatic rings. The van der Waals surface area contributed by atoms with Crippen molar-refractivity contribution in [3.63, 3.8) is 0 Å². The van der Waals surface area contributed by atoms with Crippen LogP contribution in [0.25, 0.3) is 0 Å². The van der Waals surface area contributed by atoms with Gasteiger partial charge in [0, 0.05) is 5.54 Å². The van der Waals surface area contributed by atoms with Crippen molar-refractivity contribution >= 4 is 0 Å². The molecule has 1 atom stereocenters. The molecule has 0 saturated heterocycles. The van der Waals surface area contributed by atoms with Gasteiger partial charge in [0.05, 0.1) is 6.10 Å². The molecule has 0 heterocycles. The molecule has 102 valence electrons. The molecule has 1 aromatic rings. The van der Waals surface area contributed by atoms with Crippen molar-refractivity contribution in [2.24, 2.45) is 5.73 Å². The van der Waals surface area contributed by atoms with Crippen molar-refractivity contribution in [1.82, 2.24) is 0 Å². The molecule has 18 heavy (non-hydrogen) atoms. The number of aliphatic hydroxyl groups is 1. The van der Waals surface area contributed by atoms with Crippen molar-refractivity contribution in [3.05, 3.63) is 34.4 Å². The van der Waals surface area contributed by atoms with Gasteiger partial charge in [-0.3, -0.25) is 0 Å². The highest BCUT2D eigenvalue weighted by atomic mass is 16.3. The van der Waals surface area contributed by atoms with E-state index in [1.807, 2.05) is 27.7 Å². The second kappa shape index (κ2) is 4.67. The van der Waals surface area contributed by atoms with Gasteiger partial charge in [0.15, 0.2) is 0 Å². The molecule has 2 nitrogen and oxygen atoms in total. The summed E-state index contributed by atoms with van der Waals surface area (Å²) >= 11 is 0. The molecule has 0 saturated carbocycles. The van der Waals surface area contributed by atoms with Gasteiger partial charge in [-0.25, -0.2) is 0 Å². The first-order valence-corrected chi connectivity index (χ1v) is 6.53. The van der Waals surface area contributed by atoms with Crippen molar-refractivity contribution in [2.75, 3.05) is 0 Å². The number of rotatable bonds is 2. The number of hydrogen-bond acceptors (Lipinski definition) is 2. The number of hydrogen-bond donors (Lipinski definition) is 2. The number of aliphatic hydroxyl groups excluding tert-OH is 1. The Kier molecular flexibility index (Phi) is 3.94. The summed E-state index contributed by atoms with van der Waals surface area (Å²) in [6.45, 7) is 14.4. The lowest BCUT2D eigenvalue weighted by atomic mass is 9.81. The van der Waals surface area contributed by atoms with Crippen molar-refractivity contribution < 1.29 is 5.11 Å². The smallest absolute Gasteiger partial charge is 0.0969 e. The summed E-state index contributed by atoms with van der Waals surface area (Å²) in [6, 6.07) is 4.33. The Hall–Kier alpha value is -0.860. The van der Waals surface area contributed by atoms with Crippen LogP contribution in [0.3, 0.4) is 0 Å². The fourth-order valence-electron chi connectivity index (χ4n) is 2.21. The first-order chi connectivity index (χ1) is 7.94. The van der Waals surface area contributed by atoms with Crippen LogP contribution in [0.1, 0.15) is 63.0 Å². The maximum atomic E-state index is 10.4. The standard InChI is InChI=1S/C16H27NO/c1-10-8-12(15(3,4)5)9-11(2)13(10)14(18)16(6,7)17/h8-9,14,18H,17H2,1-7H3. The quantitative estimate of drug-likeness (QED) is 0.844. The third kappa shape index (κ3) is 3.12. The van der Waals surface area contributed by atoms with Crippen LogP contribution in [-0.2, 0) is 5.41 Å². The summed E-state index contributed by atoms with van der Waals surface area (Å²) < 4.78 is 0. The molecule has 1 aromatic carbocycles. The van der Waals surface area contributed by atoms with Gasteiger partial charge in [0.2, 0.25) is 0 Å². The van der Waals surface area contributed by atoms with Gasteiger partial charge in [0.1, 0.15) is 0 Å². The second-order valence-electron chi connectivity index (χ2n) is 7.00. The average molecular weight is 249 g/mol. The summed E-state index contributed by atoms with van der Waals surface area (Å²) in [4.78, 5) is 0. The number of aryl methyl sites for hydroxylation is 2. The molecule has 3 N–H and O–H groups in total. The highest BCUT2D eigenvalue weighted by Crippen LogP contribution is 2.33. The zero-order valence-corrected chi connectivity index (χ0v) is 12.8. The maximum Gasteiger partial charge on any atom is 0.0969 e. The molecule has 1 unspecified atom stereocenters. The first-order valence-electron chi connectivity index (χ1n) is 6.53. The lowest BCUT2D eigenvalue weighted by molar-refractivity contribution is 0.103. The van der Waals surface area contributed by atoms with Crippen molar-refractivity contribution in [3.8, 4) is 0 Å². The van der Waals surface area contributed by atoms with Crippen LogP contribution < -0.4 is 5.73 Å². The molecule has 0 amide bonds. The third-order valence-corrected chi connectivity index (χ3v) is 3.44. The molecule has 2 heteroatoms. The molecule has 0 radical (unpaired) electrons. The fourth-order valence-corrected chi connectivity index (χ4v) is 2.21. The van der Waals surface area contributed by atoms with E-state index in [1.54, 1.807) is 0 Å². The number of nitrogens with two attached hydrogens (primary N) is 1. The van der Waals surface area contributed by atoms with Crippen LogP contribution in [0.2, 0.25) is 0 Å². The van der Waals surface area contributed by atoms with E-state index in [0.29, 0.717) is 0 Å². The van der Waals surface area contributed by atoms with Gasteiger partial charge >= 0.3 is 0 Å². The van der Waals surface area contributed by atoms with E-state index in [1.165, 1.54) is 5.56 Å². The minimum atomic E-state index is -0.633. The summed E-state index contributed by atoms with van der Waals surface area (Å²) in [5, 5.41) is 10.4. The van der Waals surface area contributed by atoms with E-state index in [-0.39, 0.29) is 5.41 Å². The number of benzene rings is 1. The Bertz CT molecular complexity index is 412. The predicted molar refractivity (Wildman–Crippen MR) is 77.8 cm³/mol.